The molecular formula is C19H23N5O. The third kappa shape index (κ3) is 2.92. The van der Waals surface area contributed by atoms with E-state index < -0.39 is 0 Å². The van der Waals surface area contributed by atoms with Crippen LogP contribution in [0, 0.1) is 0 Å². The van der Waals surface area contributed by atoms with E-state index in [4.69, 9.17) is 4.98 Å². The fraction of sp³-hybridized carbons (Fsp3) is 0.421. The number of nitrogens with zero attached hydrogens (tertiary/aromatic N) is 5. The van der Waals surface area contributed by atoms with Crippen molar-refractivity contribution in [3.8, 4) is 0 Å². The Kier molecular flexibility index (Phi) is 4.26. The number of fused-ring (bicyclic) bond motifs is 1. The topological polar surface area (TPSA) is 56.0 Å². The van der Waals surface area contributed by atoms with E-state index in [1.165, 1.54) is 19.3 Å². The minimum Gasteiger partial charge on any atom is -0.342 e. The highest BCUT2D eigenvalue weighted by atomic mass is 16.1. The second-order valence-electron chi connectivity index (χ2n) is 6.54. The summed E-state index contributed by atoms with van der Waals surface area (Å²) in [6.07, 6.45) is 5.20. The Bertz CT molecular complexity index is 922. The van der Waals surface area contributed by atoms with Gasteiger partial charge in [0.25, 0.3) is 5.56 Å². The van der Waals surface area contributed by atoms with Gasteiger partial charge in [0, 0.05) is 19.6 Å². The van der Waals surface area contributed by atoms with E-state index in [2.05, 4.69) is 26.6 Å². The lowest BCUT2D eigenvalue weighted by Crippen LogP contribution is -2.32. The summed E-state index contributed by atoms with van der Waals surface area (Å²) >= 11 is 0. The van der Waals surface area contributed by atoms with Crippen molar-refractivity contribution in [2.24, 2.45) is 0 Å². The Labute approximate surface area is 146 Å². The fourth-order valence-corrected chi connectivity index (χ4v) is 3.52. The minimum absolute atomic E-state index is 0.0146. The van der Waals surface area contributed by atoms with Crippen molar-refractivity contribution in [2.45, 2.75) is 39.3 Å². The second kappa shape index (κ2) is 6.70. The molecule has 130 valence electrons. The van der Waals surface area contributed by atoms with Crippen LogP contribution in [0.1, 0.15) is 31.7 Å². The van der Waals surface area contributed by atoms with Gasteiger partial charge in [0.2, 0.25) is 5.95 Å². The maximum atomic E-state index is 12.9. The summed E-state index contributed by atoms with van der Waals surface area (Å²) < 4.78 is 3.70. The monoisotopic (exact) mass is 337 g/mol. The molecule has 3 aromatic rings. The zero-order valence-electron chi connectivity index (χ0n) is 14.6. The molecule has 3 heterocycles. The van der Waals surface area contributed by atoms with Gasteiger partial charge in [-0.1, -0.05) is 30.3 Å². The summed E-state index contributed by atoms with van der Waals surface area (Å²) in [5.74, 6) is 0.872. The van der Waals surface area contributed by atoms with Gasteiger partial charge in [-0.2, -0.15) is 4.98 Å². The zero-order chi connectivity index (χ0) is 17.2. The number of aryl methyl sites for hydroxylation is 1. The number of hydrogen-bond donors (Lipinski definition) is 0. The van der Waals surface area contributed by atoms with E-state index in [9.17, 15) is 4.79 Å². The van der Waals surface area contributed by atoms with Crippen molar-refractivity contribution in [1.82, 2.24) is 19.1 Å². The van der Waals surface area contributed by atoms with Crippen LogP contribution in [-0.4, -0.2) is 32.2 Å². The number of aromatic nitrogens is 4. The molecule has 25 heavy (non-hydrogen) atoms. The van der Waals surface area contributed by atoms with Gasteiger partial charge in [-0.3, -0.25) is 13.9 Å². The number of rotatable bonds is 4. The van der Waals surface area contributed by atoms with Crippen LogP contribution in [0.3, 0.4) is 0 Å². The number of imidazole rings is 1. The van der Waals surface area contributed by atoms with E-state index >= 15 is 0 Å². The SMILES string of the molecule is CCn1cnc2nc(N3CCCCC3)n(Cc3ccccc3)c2c1=O. The first kappa shape index (κ1) is 15.9. The molecule has 1 aliphatic heterocycles. The molecule has 1 fully saturated rings. The highest BCUT2D eigenvalue weighted by Gasteiger charge is 2.22. The van der Waals surface area contributed by atoms with Gasteiger partial charge in [-0.25, -0.2) is 4.98 Å². The summed E-state index contributed by atoms with van der Waals surface area (Å²) in [4.78, 5) is 24.4. The van der Waals surface area contributed by atoms with Gasteiger partial charge in [-0.05, 0) is 31.7 Å². The van der Waals surface area contributed by atoms with E-state index in [1.807, 2.05) is 25.1 Å². The van der Waals surface area contributed by atoms with Crippen molar-refractivity contribution < 1.29 is 0 Å². The standard InChI is InChI=1S/C19H23N5O/c1-2-22-14-20-17-16(18(22)25)24(13-15-9-5-3-6-10-15)19(21-17)23-11-7-4-8-12-23/h3,5-6,9-10,14H,2,4,7-8,11-13H2,1H3. The summed E-state index contributed by atoms with van der Waals surface area (Å²) in [5.41, 5.74) is 2.30. The average Bonchev–Trinajstić information content (AvgIpc) is 3.03. The Balaban J connectivity index is 1.89. The molecule has 0 aliphatic carbocycles. The van der Waals surface area contributed by atoms with Gasteiger partial charge >= 0.3 is 0 Å². The van der Waals surface area contributed by atoms with Crippen LogP contribution >= 0.6 is 0 Å². The number of piperidine rings is 1. The van der Waals surface area contributed by atoms with Crippen LogP contribution < -0.4 is 10.5 Å². The van der Waals surface area contributed by atoms with Crippen LogP contribution in [-0.2, 0) is 13.1 Å². The predicted octanol–water partition coefficient (Wildman–Crippen LogP) is 2.65. The van der Waals surface area contributed by atoms with Crippen molar-refractivity contribution in [1.29, 1.82) is 0 Å². The van der Waals surface area contributed by atoms with Gasteiger partial charge in [0.05, 0.1) is 6.54 Å². The van der Waals surface area contributed by atoms with E-state index in [0.717, 1.165) is 24.6 Å². The molecule has 1 saturated heterocycles. The van der Waals surface area contributed by atoms with Crippen molar-refractivity contribution >= 4 is 17.1 Å². The fourth-order valence-electron chi connectivity index (χ4n) is 3.52. The van der Waals surface area contributed by atoms with Crippen LogP contribution in [0.25, 0.3) is 11.2 Å². The summed E-state index contributed by atoms with van der Waals surface area (Å²) in [6, 6.07) is 10.2. The Morgan fingerprint density at radius 1 is 1.08 bits per heavy atom. The molecule has 1 aromatic carbocycles. The smallest absolute Gasteiger partial charge is 0.279 e. The molecule has 0 atom stereocenters. The highest BCUT2D eigenvalue weighted by Crippen LogP contribution is 2.23. The number of hydrogen-bond acceptors (Lipinski definition) is 4. The van der Waals surface area contributed by atoms with Crippen LogP contribution in [0.15, 0.2) is 41.5 Å². The minimum atomic E-state index is -0.0146. The lowest BCUT2D eigenvalue weighted by Gasteiger charge is -2.28. The van der Waals surface area contributed by atoms with Crippen LogP contribution in [0.4, 0.5) is 5.95 Å². The van der Waals surface area contributed by atoms with Crippen LogP contribution in [0.5, 0.6) is 0 Å². The largest absolute Gasteiger partial charge is 0.342 e. The van der Waals surface area contributed by atoms with Gasteiger partial charge in [0.1, 0.15) is 6.33 Å². The lowest BCUT2D eigenvalue weighted by molar-refractivity contribution is 0.560. The summed E-state index contributed by atoms with van der Waals surface area (Å²) in [5, 5.41) is 0. The van der Waals surface area contributed by atoms with Crippen LogP contribution in [0.2, 0.25) is 0 Å². The third-order valence-electron chi connectivity index (χ3n) is 4.87. The lowest BCUT2D eigenvalue weighted by atomic mass is 10.1. The molecule has 0 unspecified atom stereocenters. The third-order valence-corrected chi connectivity index (χ3v) is 4.87. The summed E-state index contributed by atoms with van der Waals surface area (Å²) in [7, 11) is 0. The second-order valence-corrected chi connectivity index (χ2v) is 6.54. The molecule has 6 nitrogen and oxygen atoms in total. The quantitative estimate of drug-likeness (QED) is 0.734. The normalized spacial score (nSPS) is 15.0. The maximum absolute atomic E-state index is 12.9. The Morgan fingerprint density at radius 2 is 1.84 bits per heavy atom. The molecule has 0 radical (unpaired) electrons. The number of benzene rings is 1. The molecule has 4 rings (SSSR count). The molecule has 0 spiro atoms. The first-order chi connectivity index (χ1) is 12.3. The van der Waals surface area contributed by atoms with Gasteiger partial charge in [-0.15, -0.1) is 0 Å². The van der Waals surface area contributed by atoms with E-state index in [-0.39, 0.29) is 5.56 Å². The Hall–Kier alpha value is -2.63. The maximum Gasteiger partial charge on any atom is 0.279 e. The summed E-state index contributed by atoms with van der Waals surface area (Å²) in [6.45, 7) is 5.17. The average molecular weight is 337 g/mol. The molecule has 6 heteroatoms. The molecular weight excluding hydrogens is 314 g/mol. The van der Waals surface area contributed by atoms with Crippen molar-refractivity contribution in [3.05, 3.63) is 52.6 Å². The first-order valence-corrected chi connectivity index (χ1v) is 9.02. The Morgan fingerprint density at radius 3 is 2.56 bits per heavy atom. The zero-order valence-corrected chi connectivity index (χ0v) is 14.6. The molecule has 0 N–H and O–H groups in total. The van der Waals surface area contributed by atoms with Crippen molar-refractivity contribution in [3.63, 3.8) is 0 Å². The first-order valence-electron chi connectivity index (χ1n) is 9.02. The van der Waals surface area contributed by atoms with Crippen molar-refractivity contribution in [2.75, 3.05) is 18.0 Å². The molecule has 2 aromatic heterocycles. The van der Waals surface area contributed by atoms with Gasteiger partial charge in [0.15, 0.2) is 11.2 Å². The van der Waals surface area contributed by atoms with E-state index in [1.54, 1.807) is 10.9 Å². The highest BCUT2D eigenvalue weighted by molar-refractivity contribution is 5.74. The molecule has 0 bridgehead atoms. The van der Waals surface area contributed by atoms with Gasteiger partial charge < -0.3 is 4.90 Å². The predicted molar refractivity (Wildman–Crippen MR) is 99.1 cm³/mol. The molecule has 0 saturated carbocycles. The molecule has 1 aliphatic rings. The number of anilines is 1. The van der Waals surface area contributed by atoms with E-state index in [0.29, 0.717) is 24.3 Å². The molecule has 0 amide bonds.